The van der Waals surface area contributed by atoms with Gasteiger partial charge in [-0.2, -0.15) is 0 Å². The van der Waals surface area contributed by atoms with Gasteiger partial charge >= 0.3 is 12.0 Å². The van der Waals surface area contributed by atoms with E-state index in [1.807, 2.05) is 0 Å². The molecule has 1 aliphatic heterocycles. The molecule has 0 aromatic rings. The van der Waals surface area contributed by atoms with Crippen LogP contribution < -0.4 is 5.32 Å². The Kier molecular flexibility index (Phi) is 5.26. The summed E-state index contributed by atoms with van der Waals surface area (Å²) in [6.07, 6.45) is 6.41. The van der Waals surface area contributed by atoms with Crippen molar-refractivity contribution in [2.24, 2.45) is 17.8 Å². The van der Waals surface area contributed by atoms with E-state index in [-0.39, 0.29) is 6.03 Å². The number of carbonyl (C=O) groups is 2. The van der Waals surface area contributed by atoms with Gasteiger partial charge < -0.3 is 15.3 Å². The third-order valence-corrected chi connectivity index (χ3v) is 4.64. The molecule has 2 rings (SSSR count). The molecule has 1 heterocycles. The Hall–Kier alpha value is -1.26. The van der Waals surface area contributed by atoms with Crippen LogP contribution in [0.4, 0.5) is 4.79 Å². The number of carbonyl (C=O) groups excluding carboxylic acids is 1. The summed E-state index contributed by atoms with van der Waals surface area (Å²) in [6.45, 7) is 4.03. The minimum absolute atomic E-state index is 0.0887. The standard InChI is InChI=1S/C15H26N2O3/c1-11-4-2-5-12(8-11)9-16-15(20)17-7-3-6-13(10-17)14(18)19/h11-13H,2-10H2,1H3,(H,16,20)(H,18,19). The SMILES string of the molecule is CC1CCCC(CNC(=O)N2CCCC(C(=O)O)C2)C1. The molecule has 5 heteroatoms. The summed E-state index contributed by atoms with van der Waals surface area (Å²) in [5, 5.41) is 12.0. The fraction of sp³-hybridized carbons (Fsp3) is 0.867. The summed E-state index contributed by atoms with van der Waals surface area (Å²) in [5.41, 5.74) is 0. The molecule has 0 aromatic carbocycles. The zero-order valence-corrected chi connectivity index (χ0v) is 12.3. The van der Waals surface area contributed by atoms with Crippen LogP contribution in [-0.2, 0) is 4.79 Å². The average molecular weight is 282 g/mol. The third-order valence-electron chi connectivity index (χ3n) is 4.64. The molecular formula is C15H26N2O3. The van der Waals surface area contributed by atoms with Crippen LogP contribution in [0.3, 0.4) is 0 Å². The van der Waals surface area contributed by atoms with Crippen LogP contribution >= 0.6 is 0 Å². The molecule has 0 bridgehead atoms. The van der Waals surface area contributed by atoms with E-state index in [0.29, 0.717) is 25.4 Å². The number of amides is 2. The van der Waals surface area contributed by atoms with E-state index in [0.717, 1.165) is 18.9 Å². The van der Waals surface area contributed by atoms with Crippen LogP contribution in [0.25, 0.3) is 0 Å². The molecule has 1 saturated heterocycles. The Morgan fingerprint density at radius 3 is 2.75 bits per heavy atom. The van der Waals surface area contributed by atoms with Crippen molar-refractivity contribution in [3.05, 3.63) is 0 Å². The van der Waals surface area contributed by atoms with Gasteiger partial charge in [-0.1, -0.05) is 19.8 Å². The van der Waals surface area contributed by atoms with Crippen molar-refractivity contribution in [1.29, 1.82) is 0 Å². The number of likely N-dealkylation sites (tertiary alicyclic amines) is 1. The molecule has 2 amide bonds. The van der Waals surface area contributed by atoms with Crippen LogP contribution in [0.1, 0.15) is 45.4 Å². The summed E-state index contributed by atoms with van der Waals surface area (Å²) < 4.78 is 0. The van der Waals surface area contributed by atoms with Gasteiger partial charge in [0.15, 0.2) is 0 Å². The lowest BCUT2D eigenvalue weighted by atomic mass is 9.82. The summed E-state index contributed by atoms with van der Waals surface area (Å²) in [4.78, 5) is 24.8. The van der Waals surface area contributed by atoms with Crippen LogP contribution in [0.5, 0.6) is 0 Å². The molecule has 2 N–H and O–H groups in total. The van der Waals surface area contributed by atoms with Crippen molar-refractivity contribution in [2.45, 2.75) is 45.4 Å². The van der Waals surface area contributed by atoms with Gasteiger partial charge in [0.05, 0.1) is 5.92 Å². The summed E-state index contributed by atoms with van der Waals surface area (Å²) >= 11 is 0. The molecule has 1 aliphatic carbocycles. The van der Waals surface area contributed by atoms with Gasteiger partial charge in [-0.15, -0.1) is 0 Å². The number of carboxylic acid groups (broad SMARTS) is 1. The maximum Gasteiger partial charge on any atom is 0.317 e. The van der Waals surface area contributed by atoms with E-state index in [1.165, 1.54) is 25.7 Å². The fourth-order valence-electron chi connectivity index (χ4n) is 3.45. The first kappa shape index (κ1) is 15.1. The average Bonchev–Trinajstić information content (AvgIpc) is 2.45. The monoisotopic (exact) mass is 282 g/mol. The molecule has 0 spiro atoms. The van der Waals surface area contributed by atoms with Crippen LogP contribution in [0.15, 0.2) is 0 Å². The van der Waals surface area contributed by atoms with Gasteiger partial charge in [0.25, 0.3) is 0 Å². The van der Waals surface area contributed by atoms with Crippen molar-refractivity contribution >= 4 is 12.0 Å². The minimum Gasteiger partial charge on any atom is -0.481 e. The van der Waals surface area contributed by atoms with Crippen LogP contribution in [0.2, 0.25) is 0 Å². The number of nitrogens with zero attached hydrogens (tertiary/aromatic N) is 1. The number of urea groups is 1. The Morgan fingerprint density at radius 2 is 2.05 bits per heavy atom. The largest absolute Gasteiger partial charge is 0.481 e. The first-order valence-electron chi connectivity index (χ1n) is 7.82. The molecule has 3 unspecified atom stereocenters. The second kappa shape index (κ2) is 6.95. The fourth-order valence-corrected chi connectivity index (χ4v) is 3.45. The number of aliphatic carboxylic acids is 1. The van der Waals surface area contributed by atoms with E-state index in [9.17, 15) is 9.59 Å². The molecule has 0 radical (unpaired) electrons. The molecule has 20 heavy (non-hydrogen) atoms. The normalized spacial score (nSPS) is 30.9. The minimum atomic E-state index is -0.788. The van der Waals surface area contributed by atoms with Crippen molar-refractivity contribution in [3.8, 4) is 0 Å². The number of hydrogen-bond donors (Lipinski definition) is 2. The molecule has 2 aliphatic rings. The molecule has 3 atom stereocenters. The van der Waals surface area contributed by atoms with Gasteiger partial charge in [0, 0.05) is 19.6 Å². The smallest absolute Gasteiger partial charge is 0.317 e. The summed E-state index contributed by atoms with van der Waals surface area (Å²) in [7, 11) is 0. The summed E-state index contributed by atoms with van der Waals surface area (Å²) in [6, 6.07) is -0.0887. The molecule has 2 fully saturated rings. The maximum absolute atomic E-state index is 12.1. The van der Waals surface area contributed by atoms with Crippen molar-refractivity contribution in [1.82, 2.24) is 10.2 Å². The van der Waals surface area contributed by atoms with Gasteiger partial charge in [-0.05, 0) is 37.5 Å². The van der Waals surface area contributed by atoms with Gasteiger partial charge in [0.2, 0.25) is 0 Å². The predicted molar refractivity (Wildman–Crippen MR) is 76.5 cm³/mol. The molecule has 5 nitrogen and oxygen atoms in total. The Bertz CT molecular complexity index is 359. The predicted octanol–water partition coefficient (Wildman–Crippen LogP) is 2.32. The lowest BCUT2D eigenvalue weighted by Crippen LogP contribution is -2.48. The highest BCUT2D eigenvalue weighted by atomic mass is 16.4. The van der Waals surface area contributed by atoms with E-state index in [2.05, 4.69) is 12.2 Å². The zero-order valence-electron chi connectivity index (χ0n) is 12.3. The first-order valence-corrected chi connectivity index (χ1v) is 7.82. The van der Waals surface area contributed by atoms with Gasteiger partial charge in [-0.25, -0.2) is 4.79 Å². The Labute approximate surface area is 120 Å². The van der Waals surface area contributed by atoms with E-state index in [1.54, 1.807) is 4.90 Å². The highest BCUT2D eigenvalue weighted by molar-refractivity contribution is 5.76. The maximum atomic E-state index is 12.1. The zero-order chi connectivity index (χ0) is 14.5. The van der Waals surface area contributed by atoms with Crippen molar-refractivity contribution in [3.63, 3.8) is 0 Å². The van der Waals surface area contributed by atoms with E-state index >= 15 is 0 Å². The Morgan fingerprint density at radius 1 is 1.25 bits per heavy atom. The second-order valence-corrected chi connectivity index (χ2v) is 6.45. The number of carboxylic acids is 1. The lowest BCUT2D eigenvalue weighted by Gasteiger charge is -2.32. The molecular weight excluding hydrogens is 256 g/mol. The second-order valence-electron chi connectivity index (χ2n) is 6.45. The number of hydrogen-bond acceptors (Lipinski definition) is 2. The molecule has 1 saturated carbocycles. The van der Waals surface area contributed by atoms with Crippen LogP contribution in [0, 0.1) is 17.8 Å². The van der Waals surface area contributed by atoms with Gasteiger partial charge in [0.1, 0.15) is 0 Å². The Balaban J connectivity index is 1.75. The van der Waals surface area contributed by atoms with Crippen molar-refractivity contribution in [2.75, 3.05) is 19.6 Å². The highest BCUT2D eigenvalue weighted by Gasteiger charge is 2.28. The third kappa shape index (κ3) is 4.12. The lowest BCUT2D eigenvalue weighted by molar-refractivity contribution is -0.143. The highest BCUT2D eigenvalue weighted by Crippen LogP contribution is 2.28. The molecule has 0 aromatic heterocycles. The summed E-state index contributed by atoms with van der Waals surface area (Å²) in [5.74, 6) is 0.160. The first-order chi connectivity index (χ1) is 9.56. The quantitative estimate of drug-likeness (QED) is 0.834. The number of piperidine rings is 1. The van der Waals surface area contributed by atoms with Crippen LogP contribution in [-0.4, -0.2) is 41.6 Å². The number of nitrogens with one attached hydrogen (secondary N) is 1. The molecule has 114 valence electrons. The van der Waals surface area contributed by atoms with Crippen molar-refractivity contribution < 1.29 is 14.7 Å². The van der Waals surface area contributed by atoms with E-state index < -0.39 is 11.9 Å². The topological polar surface area (TPSA) is 69.6 Å². The van der Waals surface area contributed by atoms with E-state index in [4.69, 9.17) is 5.11 Å². The number of rotatable bonds is 3. The van der Waals surface area contributed by atoms with Gasteiger partial charge in [-0.3, -0.25) is 4.79 Å².